The van der Waals surface area contributed by atoms with Gasteiger partial charge in [0.2, 0.25) is 0 Å². The van der Waals surface area contributed by atoms with Crippen molar-refractivity contribution >= 4 is 11.6 Å². The fourth-order valence-electron chi connectivity index (χ4n) is 2.22. The molecule has 0 bridgehead atoms. The maximum Gasteiger partial charge on any atom is 0.0408 e. The molecule has 0 aliphatic rings. The number of benzene rings is 1. The van der Waals surface area contributed by atoms with Crippen molar-refractivity contribution in [3.63, 3.8) is 0 Å². The van der Waals surface area contributed by atoms with Crippen molar-refractivity contribution in [2.75, 3.05) is 6.54 Å². The Morgan fingerprint density at radius 3 is 2.50 bits per heavy atom. The van der Waals surface area contributed by atoms with Crippen LogP contribution in [0.2, 0.25) is 5.02 Å². The van der Waals surface area contributed by atoms with Gasteiger partial charge in [-0.3, -0.25) is 0 Å². The Kier molecular flexibility index (Phi) is 6.73. The molecule has 0 amide bonds. The standard InChI is InChI=1S/C16H26ClN/c1-5-10-18-16(9-6-12(2)3)15-8-7-14(17)11-13(15)4/h7-8,11-12,16,18H,5-6,9-10H2,1-4H3. The first-order valence-corrected chi connectivity index (χ1v) is 7.41. The molecule has 1 aromatic carbocycles. The van der Waals surface area contributed by atoms with E-state index in [9.17, 15) is 0 Å². The van der Waals surface area contributed by atoms with Gasteiger partial charge in [0.25, 0.3) is 0 Å². The van der Waals surface area contributed by atoms with Crippen LogP contribution in [0.5, 0.6) is 0 Å². The molecule has 1 unspecified atom stereocenters. The highest BCUT2D eigenvalue weighted by Crippen LogP contribution is 2.26. The molecular formula is C16H26ClN. The second kappa shape index (κ2) is 7.81. The molecule has 0 heterocycles. The molecule has 1 atom stereocenters. The lowest BCUT2D eigenvalue weighted by atomic mass is 9.94. The molecule has 0 spiro atoms. The van der Waals surface area contributed by atoms with Crippen LogP contribution in [0.3, 0.4) is 0 Å². The first kappa shape index (κ1) is 15.5. The van der Waals surface area contributed by atoms with Gasteiger partial charge in [-0.2, -0.15) is 0 Å². The van der Waals surface area contributed by atoms with Crippen molar-refractivity contribution in [1.29, 1.82) is 0 Å². The maximum absolute atomic E-state index is 6.03. The number of nitrogens with one attached hydrogen (secondary N) is 1. The predicted molar refractivity (Wildman–Crippen MR) is 81.3 cm³/mol. The van der Waals surface area contributed by atoms with Crippen LogP contribution >= 0.6 is 11.6 Å². The summed E-state index contributed by atoms with van der Waals surface area (Å²) in [6.07, 6.45) is 3.62. The monoisotopic (exact) mass is 267 g/mol. The van der Waals surface area contributed by atoms with Crippen LogP contribution in [0.25, 0.3) is 0 Å². The van der Waals surface area contributed by atoms with Crippen LogP contribution in [0.1, 0.15) is 57.2 Å². The van der Waals surface area contributed by atoms with Crippen molar-refractivity contribution in [2.24, 2.45) is 5.92 Å². The van der Waals surface area contributed by atoms with Crippen molar-refractivity contribution in [3.8, 4) is 0 Å². The average Bonchev–Trinajstić information content (AvgIpc) is 2.30. The zero-order valence-electron chi connectivity index (χ0n) is 12.1. The second-order valence-electron chi connectivity index (χ2n) is 5.48. The lowest BCUT2D eigenvalue weighted by molar-refractivity contribution is 0.439. The number of aryl methyl sites for hydroxylation is 1. The molecule has 0 aromatic heterocycles. The van der Waals surface area contributed by atoms with E-state index in [2.05, 4.69) is 45.1 Å². The summed E-state index contributed by atoms with van der Waals surface area (Å²) in [5.41, 5.74) is 2.69. The van der Waals surface area contributed by atoms with Crippen LogP contribution in [0, 0.1) is 12.8 Å². The zero-order chi connectivity index (χ0) is 13.5. The lowest BCUT2D eigenvalue weighted by Crippen LogP contribution is -2.23. The Bertz CT molecular complexity index is 360. The normalized spacial score (nSPS) is 13.0. The molecule has 1 N–H and O–H groups in total. The van der Waals surface area contributed by atoms with E-state index in [0.717, 1.165) is 17.5 Å². The highest BCUT2D eigenvalue weighted by Gasteiger charge is 2.13. The molecule has 18 heavy (non-hydrogen) atoms. The molecule has 0 saturated carbocycles. The predicted octanol–water partition coefficient (Wildman–Crippen LogP) is 5.13. The minimum Gasteiger partial charge on any atom is -0.310 e. The molecule has 1 nitrogen and oxygen atoms in total. The SMILES string of the molecule is CCCNC(CCC(C)C)c1ccc(Cl)cc1C. The van der Waals surface area contributed by atoms with E-state index in [1.54, 1.807) is 0 Å². The van der Waals surface area contributed by atoms with Gasteiger partial charge in [-0.15, -0.1) is 0 Å². The fraction of sp³-hybridized carbons (Fsp3) is 0.625. The summed E-state index contributed by atoms with van der Waals surface area (Å²) in [5, 5.41) is 4.49. The van der Waals surface area contributed by atoms with E-state index in [0.29, 0.717) is 6.04 Å². The third kappa shape index (κ3) is 4.99. The highest BCUT2D eigenvalue weighted by atomic mass is 35.5. The highest BCUT2D eigenvalue weighted by molar-refractivity contribution is 6.30. The summed E-state index contributed by atoms with van der Waals surface area (Å²) < 4.78 is 0. The summed E-state index contributed by atoms with van der Waals surface area (Å²) in [4.78, 5) is 0. The molecule has 0 aliphatic carbocycles. The molecule has 0 fully saturated rings. The topological polar surface area (TPSA) is 12.0 Å². The van der Waals surface area contributed by atoms with Crippen molar-refractivity contribution in [3.05, 3.63) is 34.3 Å². The van der Waals surface area contributed by atoms with Crippen LogP contribution in [0.15, 0.2) is 18.2 Å². The molecule has 2 heteroatoms. The van der Waals surface area contributed by atoms with Gasteiger partial charge >= 0.3 is 0 Å². The van der Waals surface area contributed by atoms with Gasteiger partial charge in [-0.25, -0.2) is 0 Å². The molecular weight excluding hydrogens is 242 g/mol. The summed E-state index contributed by atoms with van der Waals surface area (Å²) in [5.74, 6) is 0.753. The summed E-state index contributed by atoms with van der Waals surface area (Å²) in [6.45, 7) is 10.0. The molecule has 0 saturated heterocycles. The van der Waals surface area contributed by atoms with E-state index in [1.807, 2.05) is 6.07 Å². The number of halogens is 1. The Morgan fingerprint density at radius 2 is 1.94 bits per heavy atom. The summed E-state index contributed by atoms with van der Waals surface area (Å²) >= 11 is 6.03. The molecule has 1 rings (SSSR count). The van der Waals surface area contributed by atoms with Crippen molar-refractivity contribution in [2.45, 2.75) is 53.0 Å². The van der Waals surface area contributed by atoms with E-state index < -0.39 is 0 Å². The van der Waals surface area contributed by atoms with Crippen LogP contribution in [-0.2, 0) is 0 Å². The number of hydrogen-bond acceptors (Lipinski definition) is 1. The third-order valence-corrected chi connectivity index (χ3v) is 3.52. The van der Waals surface area contributed by atoms with Crippen LogP contribution in [0.4, 0.5) is 0 Å². The average molecular weight is 268 g/mol. The minimum atomic E-state index is 0.463. The van der Waals surface area contributed by atoms with E-state index in [1.165, 1.54) is 30.4 Å². The summed E-state index contributed by atoms with van der Waals surface area (Å²) in [7, 11) is 0. The van der Waals surface area contributed by atoms with Gasteiger partial charge < -0.3 is 5.32 Å². The van der Waals surface area contributed by atoms with E-state index in [4.69, 9.17) is 11.6 Å². The quantitative estimate of drug-likeness (QED) is 0.723. The van der Waals surface area contributed by atoms with Gasteiger partial charge in [-0.1, -0.05) is 38.4 Å². The molecule has 0 radical (unpaired) electrons. The van der Waals surface area contributed by atoms with Gasteiger partial charge in [0.1, 0.15) is 0 Å². The first-order valence-electron chi connectivity index (χ1n) is 7.04. The van der Waals surface area contributed by atoms with Crippen LogP contribution in [-0.4, -0.2) is 6.54 Å². The third-order valence-electron chi connectivity index (χ3n) is 3.28. The van der Waals surface area contributed by atoms with Crippen molar-refractivity contribution < 1.29 is 0 Å². The van der Waals surface area contributed by atoms with Gasteiger partial charge in [-0.05, 0) is 61.9 Å². The minimum absolute atomic E-state index is 0.463. The van der Waals surface area contributed by atoms with E-state index >= 15 is 0 Å². The van der Waals surface area contributed by atoms with Gasteiger partial charge in [0.05, 0.1) is 0 Å². The summed E-state index contributed by atoms with van der Waals surface area (Å²) in [6, 6.07) is 6.70. The Morgan fingerprint density at radius 1 is 1.22 bits per heavy atom. The van der Waals surface area contributed by atoms with E-state index in [-0.39, 0.29) is 0 Å². The smallest absolute Gasteiger partial charge is 0.0408 e. The lowest BCUT2D eigenvalue weighted by Gasteiger charge is -2.22. The van der Waals surface area contributed by atoms with Crippen molar-refractivity contribution in [1.82, 2.24) is 5.32 Å². The first-order chi connectivity index (χ1) is 8.54. The molecule has 1 aromatic rings. The second-order valence-corrected chi connectivity index (χ2v) is 5.92. The Labute approximate surface area is 117 Å². The Balaban J connectivity index is 2.79. The van der Waals surface area contributed by atoms with Crippen LogP contribution < -0.4 is 5.32 Å². The Hall–Kier alpha value is -0.530. The fourth-order valence-corrected chi connectivity index (χ4v) is 2.44. The molecule has 0 aliphatic heterocycles. The number of rotatable bonds is 7. The number of hydrogen-bond donors (Lipinski definition) is 1. The molecule has 102 valence electrons. The van der Waals surface area contributed by atoms with Gasteiger partial charge in [0.15, 0.2) is 0 Å². The maximum atomic E-state index is 6.03. The largest absolute Gasteiger partial charge is 0.310 e. The zero-order valence-corrected chi connectivity index (χ0v) is 12.8. The van der Waals surface area contributed by atoms with Gasteiger partial charge in [0, 0.05) is 11.1 Å².